The molecule has 1 rings (SSSR count). The van der Waals surface area contributed by atoms with Crippen molar-refractivity contribution in [3.05, 3.63) is 0 Å². The molecule has 16 heavy (non-hydrogen) atoms. The van der Waals surface area contributed by atoms with Crippen LogP contribution >= 0.6 is 0 Å². The monoisotopic (exact) mass is 228 g/mol. The number of hydrogen-bond acceptors (Lipinski definition) is 3. The summed E-state index contributed by atoms with van der Waals surface area (Å²) in [6.07, 6.45) is 4.65. The number of carbonyl (C=O) groups excluding carboxylic acids is 1. The zero-order valence-corrected chi connectivity index (χ0v) is 10.6. The largest absolute Gasteiger partial charge is 0.447 e. The normalized spacial score (nSPS) is 15.9. The summed E-state index contributed by atoms with van der Waals surface area (Å²) in [7, 11) is 0. The molecular weight excluding hydrogens is 204 g/mol. The lowest BCUT2D eigenvalue weighted by atomic mass is 10.3. The van der Waals surface area contributed by atoms with Crippen LogP contribution in [0.4, 0.5) is 4.79 Å². The molecule has 1 saturated heterocycles. The van der Waals surface area contributed by atoms with Crippen LogP contribution in [0.1, 0.15) is 39.5 Å². The van der Waals surface area contributed by atoms with Crippen molar-refractivity contribution in [3.63, 3.8) is 0 Å². The molecule has 1 fully saturated rings. The molecule has 0 spiro atoms. The molecule has 0 radical (unpaired) electrons. The molecule has 0 aromatic rings. The summed E-state index contributed by atoms with van der Waals surface area (Å²) in [5, 5.41) is 0. The quantitative estimate of drug-likeness (QED) is 0.639. The minimum Gasteiger partial charge on any atom is -0.447 e. The third-order valence-electron chi connectivity index (χ3n) is 2.87. The average molecular weight is 228 g/mol. The molecule has 1 amide bonds. The van der Waals surface area contributed by atoms with E-state index in [2.05, 4.69) is 18.7 Å². The molecule has 0 atom stereocenters. The van der Waals surface area contributed by atoms with E-state index in [9.17, 15) is 4.79 Å². The predicted octanol–water partition coefficient (Wildman–Crippen LogP) is 2.30. The SMILES string of the molecule is CCCCN(CCCC)CN1CCOC1=O. The highest BCUT2D eigenvalue weighted by Crippen LogP contribution is 2.07. The number of nitrogens with zero attached hydrogens (tertiary/aromatic N) is 2. The van der Waals surface area contributed by atoms with E-state index in [0.29, 0.717) is 6.61 Å². The molecular formula is C12H24N2O2. The molecule has 0 unspecified atom stereocenters. The van der Waals surface area contributed by atoms with Crippen LogP contribution in [0.5, 0.6) is 0 Å². The second-order valence-corrected chi connectivity index (χ2v) is 4.34. The first-order chi connectivity index (χ1) is 7.77. The third kappa shape index (κ3) is 4.39. The maximum atomic E-state index is 11.3. The number of amides is 1. The first kappa shape index (κ1) is 13.3. The number of ether oxygens (including phenoxy) is 1. The van der Waals surface area contributed by atoms with E-state index < -0.39 is 0 Å². The fourth-order valence-electron chi connectivity index (χ4n) is 1.81. The van der Waals surface area contributed by atoms with Gasteiger partial charge in [0.1, 0.15) is 6.61 Å². The lowest BCUT2D eigenvalue weighted by Gasteiger charge is -2.26. The van der Waals surface area contributed by atoms with E-state index >= 15 is 0 Å². The Morgan fingerprint density at radius 2 is 1.88 bits per heavy atom. The zero-order chi connectivity index (χ0) is 11.8. The first-order valence-corrected chi connectivity index (χ1v) is 6.42. The summed E-state index contributed by atoms with van der Waals surface area (Å²) < 4.78 is 4.94. The van der Waals surface area contributed by atoms with E-state index in [4.69, 9.17) is 4.74 Å². The van der Waals surface area contributed by atoms with Crippen LogP contribution < -0.4 is 0 Å². The fraction of sp³-hybridized carbons (Fsp3) is 0.917. The number of unbranched alkanes of at least 4 members (excludes halogenated alkanes) is 2. The van der Waals surface area contributed by atoms with E-state index in [1.54, 1.807) is 4.90 Å². The van der Waals surface area contributed by atoms with Crippen molar-refractivity contribution in [1.82, 2.24) is 9.80 Å². The summed E-state index contributed by atoms with van der Waals surface area (Å²) >= 11 is 0. The Morgan fingerprint density at radius 1 is 1.25 bits per heavy atom. The lowest BCUT2D eigenvalue weighted by molar-refractivity contribution is 0.128. The molecule has 94 valence electrons. The van der Waals surface area contributed by atoms with Gasteiger partial charge in [-0.2, -0.15) is 0 Å². The molecule has 4 heteroatoms. The number of cyclic esters (lactones) is 1. The van der Waals surface area contributed by atoms with Gasteiger partial charge in [0.15, 0.2) is 0 Å². The van der Waals surface area contributed by atoms with Crippen LogP contribution in [0.15, 0.2) is 0 Å². The third-order valence-corrected chi connectivity index (χ3v) is 2.87. The Morgan fingerprint density at radius 3 is 2.31 bits per heavy atom. The molecule has 0 aliphatic carbocycles. The molecule has 0 aromatic carbocycles. The van der Waals surface area contributed by atoms with E-state index in [-0.39, 0.29) is 6.09 Å². The summed E-state index contributed by atoms with van der Waals surface area (Å²) in [6, 6.07) is 0. The van der Waals surface area contributed by atoms with E-state index in [0.717, 1.165) is 26.3 Å². The Bertz CT molecular complexity index is 201. The van der Waals surface area contributed by atoms with E-state index in [1.165, 1.54) is 25.7 Å². The molecule has 0 N–H and O–H groups in total. The Hall–Kier alpha value is -0.770. The second kappa shape index (κ2) is 7.49. The molecule has 1 aliphatic heterocycles. The lowest BCUT2D eigenvalue weighted by Crippen LogP contribution is -2.39. The number of hydrogen-bond donors (Lipinski definition) is 0. The summed E-state index contributed by atoms with van der Waals surface area (Å²) in [4.78, 5) is 15.5. The van der Waals surface area contributed by atoms with Gasteiger partial charge in [-0.1, -0.05) is 26.7 Å². The molecule has 4 nitrogen and oxygen atoms in total. The van der Waals surface area contributed by atoms with Crippen molar-refractivity contribution in [3.8, 4) is 0 Å². The van der Waals surface area contributed by atoms with Crippen molar-refractivity contribution >= 4 is 6.09 Å². The highest BCUT2D eigenvalue weighted by Gasteiger charge is 2.23. The zero-order valence-electron chi connectivity index (χ0n) is 10.6. The second-order valence-electron chi connectivity index (χ2n) is 4.34. The van der Waals surface area contributed by atoms with Crippen molar-refractivity contribution in [2.24, 2.45) is 0 Å². The smallest absolute Gasteiger partial charge is 0.410 e. The van der Waals surface area contributed by atoms with Gasteiger partial charge >= 0.3 is 6.09 Å². The average Bonchev–Trinajstić information content (AvgIpc) is 2.68. The van der Waals surface area contributed by atoms with Gasteiger partial charge in [-0.25, -0.2) is 4.79 Å². The number of rotatable bonds is 8. The predicted molar refractivity (Wildman–Crippen MR) is 64.3 cm³/mol. The molecule has 0 bridgehead atoms. The summed E-state index contributed by atoms with van der Waals surface area (Å²) in [6.45, 7) is 8.59. The molecule has 0 aromatic heterocycles. The highest BCUT2D eigenvalue weighted by atomic mass is 16.6. The first-order valence-electron chi connectivity index (χ1n) is 6.42. The van der Waals surface area contributed by atoms with E-state index in [1.807, 2.05) is 0 Å². The topological polar surface area (TPSA) is 32.8 Å². The minimum atomic E-state index is -0.155. The Kier molecular flexibility index (Phi) is 6.23. The van der Waals surface area contributed by atoms with Gasteiger partial charge in [0.05, 0.1) is 13.2 Å². The van der Waals surface area contributed by atoms with Crippen LogP contribution in [0, 0.1) is 0 Å². The van der Waals surface area contributed by atoms with Gasteiger partial charge in [0, 0.05) is 0 Å². The van der Waals surface area contributed by atoms with Gasteiger partial charge in [0.25, 0.3) is 0 Å². The van der Waals surface area contributed by atoms with Crippen LogP contribution in [0.3, 0.4) is 0 Å². The summed E-state index contributed by atoms with van der Waals surface area (Å²) in [5.74, 6) is 0. The Balaban J connectivity index is 2.32. The van der Waals surface area contributed by atoms with Gasteiger partial charge in [-0.05, 0) is 25.9 Å². The number of carbonyl (C=O) groups is 1. The van der Waals surface area contributed by atoms with Crippen molar-refractivity contribution in [2.45, 2.75) is 39.5 Å². The van der Waals surface area contributed by atoms with Crippen molar-refractivity contribution in [2.75, 3.05) is 32.9 Å². The van der Waals surface area contributed by atoms with Crippen molar-refractivity contribution < 1.29 is 9.53 Å². The highest BCUT2D eigenvalue weighted by molar-refractivity contribution is 5.69. The van der Waals surface area contributed by atoms with Gasteiger partial charge in [-0.15, -0.1) is 0 Å². The molecule has 1 aliphatic rings. The molecule has 0 saturated carbocycles. The van der Waals surface area contributed by atoms with Crippen LogP contribution in [-0.4, -0.2) is 48.8 Å². The maximum Gasteiger partial charge on any atom is 0.410 e. The van der Waals surface area contributed by atoms with Crippen molar-refractivity contribution in [1.29, 1.82) is 0 Å². The van der Waals surface area contributed by atoms with Gasteiger partial charge in [0.2, 0.25) is 0 Å². The standard InChI is InChI=1S/C12H24N2O2/c1-3-5-7-13(8-6-4-2)11-14-9-10-16-12(14)15/h3-11H2,1-2H3. The minimum absolute atomic E-state index is 0.155. The van der Waals surface area contributed by atoms with Crippen LogP contribution in [0.25, 0.3) is 0 Å². The summed E-state index contributed by atoms with van der Waals surface area (Å²) in [5.41, 5.74) is 0. The van der Waals surface area contributed by atoms with Gasteiger partial charge < -0.3 is 4.74 Å². The van der Waals surface area contributed by atoms with Crippen LogP contribution in [0.2, 0.25) is 0 Å². The molecule has 1 heterocycles. The Labute approximate surface area is 98.5 Å². The fourth-order valence-corrected chi connectivity index (χ4v) is 1.81. The maximum absolute atomic E-state index is 11.3. The van der Waals surface area contributed by atoms with Gasteiger partial charge in [-0.3, -0.25) is 9.80 Å². The van der Waals surface area contributed by atoms with Crippen LogP contribution in [-0.2, 0) is 4.74 Å².